The summed E-state index contributed by atoms with van der Waals surface area (Å²) in [7, 11) is 3.10. The predicted octanol–water partition coefficient (Wildman–Crippen LogP) is 2.76. The first-order valence-corrected chi connectivity index (χ1v) is 6.44. The average Bonchev–Trinajstić information content (AvgIpc) is 2.52. The molecule has 0 N–H and O–H groups in total. The van der Waals surface area contributed by atoms with Gasteiger partial charge in [-0.3, -0.25) is 0 Å². The van der Waals surface area contributed by atoms with Crippen LogP contribution in [0.4, 0.5) is 0 Å². The molecule has 5 nitrogen and oxygen atoms in total. The summed E-state index contributed by atoms with van der Waals surface area (Å²) in [4.78, 5) is 15.9. The Morgan fingerprint density at radius 1 is 1.14 bits per heavy atom. The minimum Gasteiger partial charge on any atom is -0.496 e. The molecule has 2 aromatic rings. The Hall–Kier alpha value is -2.56. The molecule has 21 heavy (non-hydrogen) atoms. The van der Waals surface area contributed by atoms with E-state index in [-0.39, 0.29) is 6.61 Å². The van der Waals surface area contributed by atoms with E-state index in [0.29, 0.717) is 17.2 Å². The fourth-order valence-corrected chi connectivity index (χ4v) is 1.87. The second-order valence-electron chi connectivity index (χ2n) is 4.48. The van der Waals surface area contributed by atoms with Crippen LogP contribution in [-0.2, 0) is 11.3 Å². The highest BCUT2D eigenvalue weighted by Crippen LogP contribution is 2.21. The molecule has 0 unspecified atom stereocenters. The second-order valence-corrected chi connectivity index (χ2v) is 4.48. The zero-order chi connectivity index (χ0) is 15.2. The molecular weight excluding hydrogens is 270 g/mol. The van der Waals surface area contributed by atoms with Crippen LogP contribution in [0.15, 0.2) is 36.5 Å². The Morgan fingerprint density at radius 2 is 1.95 bits per heavy atom. The number of esters is 1. The lowest BCUT2D eigenvalue weighted by atomic mass is 10.1. The van der Waals surface area contributed by atoms with E-state index in [0.717, 1.165) is 11.1 Å². The average molecular weight is 287 g/mol. The fraction of sp³-hybridized carbons (Fsp3) is 0.250. The summed E-state index contributed by atoms with van der Waals surface area (Å²) in [5, 5.41) is 0. The number of methoxy groups -OCH3 is 2. The number of benzene rings is 1. The van der Waals surface area contributed by atoms with Gasteiger partial charge in [0.2, 0.25) is 5.88 Å². The Bertz CT molecular complexity index is 623. The third kappa shape index (κ3) is 3.72. The van der Waals surface area contributed by atoms with Crippen molar-refractivity contribution in [3.63, 3.8) is 0 Å². The molecule has 0 saturated carbocycles. The van der Waals surface area contributed by atoms with E-state index in [1.54, 1.807) is 19.2 Å². The van der Waals surface area contributed by atoms with Gasteiger partial charge in [-0.05, 0) is 25.1 Å². The number of carbonyl (C=O) groups is 1. The summed E-state index contributed by atoms with van der Waals surface area (Å²) in [6.45, 7) is 2.12. The summed E-state index contributed by atoms with van der Waals surface area (Å²) in [6, 6.07) is 8.95. The first-order valence-electron chi connectivity index (χ1n) is 6.44. The normalized spacial score (nSPS) is 10.0. The summed E-state index contributed by atoms with van der Waals surface area (Å²) in [5.41, 5.74) is 2.28. The molecule has 0 atom stereocenters. The van der Waals surface area contributed by atoms with E-state index < -0.39 is 5.97 Å². The lowest BCUT2D eigenvalue weighted by Gasteiger charge is -2.10. The third-order valence-corrected chi connectivity index (χ3v) is 2.98. The molecule has 110 valence electrons. The Morgan fingerprint density at radius 3 is 2.57 bits per heavy atom. The van der Waals surface area contributed by atoms with Crippen LogP contribution in [-0.4, -0.2) is 25.2 Å². The van der Waals surface area contributed by atoms with Gasteiger partial charge in [0, 0.05) is 17.8 Å². The van der Waals surface area contributed by atoms with Crippen LogP contribution in [0.1, 0.15) is 21.5 Å². The number of ether oxygens (including phenoxy) is 3. The number of hydrogen-bond acceptors (Lipinski definition) is 5. The van der Waals surface area contributed by atoms with Crippen molar-refractivity contribution in [3.8, 4) is 11.6 Å². The van der Waals surface area contributed by atoms with Gasteiger partial charge >= 0.3 is 5.97 Å². The van der Waals surface area contributed by atoms with Crippen LogP contribution in [0.5, 0.6) is 11.6 Å². The molecular formula is C16H17NO4. The van der Waals surface area contributed by atoms with Gasteiger partial charge in [-0.1, -0.05) is 11.6 Å². The quantitative estimate of drug-likeness (QED) is 0.791. The number of hydrogen-bond donors (Lipinski definition) is 0. The minimum atomic E-state index is -0.436. The lowest BCUT2D eigenvalue weighted by molar-refractivity contribution is 0.0469. The number of carbonyl (C=O) groups excluding carboxylic acids is 1. The first-order chi connectivity index (χ1) is 10.1. The first kappa shape index (κ1) is 14.8. The maximum Gasteiger partial charge on any atom is 0.340 e. The molecule has 0 aliphatic rings. The van der Waals surface area contributed by atoms with Crippen molar-refractivity contribution in [3.05, 3.63) is 53.2 Å². The summed E-state index contributed by atoms with van der Waals surface area (Å²) in [5.74, 6) is 0.710. The number of aryl methyl sites for hydroxylation is 1. The monoisotopic (exact) mass is 287 g/mol. The number of rotatable bonds is 5. The molecule has 0 bridgehead atoms. The van der Waals surface area contributed by atoms with Gasteiger partial charge in [0.1, 0.15) is 12.4 Å². The predicted molar refractivity (Wildman–Crippen MR) is 77.6 cm³/mol. The van der Waals surface area contributed by atoms with Crippen molar-refractivity contribution >= 4 is 5.97 Å². The van der Waals surface area contributed by atoms with Crippen molar-refractivity contribution in [2.24, 2.45) is 0 Å². The van der Waals surface area contributed by atoms with E-state index in [2.05, 4.69) is 4.98 Å². The van der Waals surface area contributed by atoms with Crippen molar-refractivity contribution < 1.29 is 19.0 Å². The summed E-state index contributed by atoms with van der Waals surface area (Å²) in [6.07, 6.45) is 1.43. The van der Waals surface area contributed by atoms with Crippen LogP contribution in [0.25, 0.3) is 0 Å². The van der Waals surface area contributed by atoms with Crippen LogP contribution in [0.3, 0.4) is 0 Å². The Kier molecular flexibility index (Phi) is 4.77. The number of pyridine rings is 1. The zero-order valence-corrected chi connectivity index (χ0v) is 12.3. The Balaban J connectivity index is 2.05. The molecule has 0 aliphatic heterocycles. The van der Waals surface area contributed by atoms with Gasteiger partial charge in [0.15, 0.2) is 0 Å². The minimum absolute atomic E-state index is 0.149. The van der Waals surface area contributed by atoms with Crippen LogP contribution >= 0.6 is 0 Å². The topological polar surface area (TPSA) is 57.7 Å². The molecule has 1 aromatic heterocycles. The van der Waals surface area contributed by atoms with Gasteiger partial charge in [0.05, 0.1) is 19.8 Å². The van der Waals surface area contributed by atoms with Gasteiger partial charge in [-0.25, -0.2) is 9.78 Å². The van der Waals surface area contributed by atoms with Crippen molar-refractivity contribution in [2.75, 3.05) is 14.2 Å². The molecule has 2 rings (SSSR count). The van der Waals surface area contributed by atoms with Crippen LogP contribution in [0.2, 0.25) is 0 Å². The highest BCUT2D eigenvalue weighted by Gasteiger charge is 2.10. The molecule has 0 aliphatic carbocycles. The second kappa shape index (κ2) is 6.74. The van der Waals surface area contributed by atoms with Gasteiger partial charge < -0.3 is 14.2 Å². The highest BCUT2D eigenvalue weighted by atomic mass is 16.5. The maximum atomic E-state index is 12.0. The molecule has 0 fully saturated rings. The molecule has 1 heterocycles. The van der Waals surface area contributed by atoms with Gasteiger partial charge in [0.25, 0.3) is 0 Å². The molecule has 0 spiro atoms. The molecule has 0 radical (unpaired) electrons. The maximum absolute atomic E-state index is 12.0. The fourth-order valence-electron chi connectivity index (χ4n) is 1.87. The number of aromatic nitrogens is 1. The van der Waals surface area contributed by atoms with Crippen LogP contribution in [0, 0.1) is 6.92 Å². The molecule has 0 saturated heterocycles. The van der Waals surface area contributed by atoms with E-state index in [1.165, 1.54) is 13.3 Å². The molecule has 1 aromatic carbocycles. The molecule has 5 heteroatoms. The summed E-state index contributed by atoms with van der Waals surface area (Å²) >= 11 is 0. The lowest BCUT2D eigenvalue weighted by Crippen LogP contribution is -2.06. The SMILES string of the molecule is COc1ccc(C(=O)OCc2cc(C)ccc2OC)cn1. The standard InChI is InChI=1S/C16H17NO4/c1-11-4-6-14(19-2)13(8-11)10-21-16(18)12-5-7-15(20-3)17-9-12/h4-9H,10H2,1-3H3. The highest BCUT2D eigenvalue weighted by molar-refractivity contribution is 5.89. The summed E-state index contributed by atoms with van der Waals surface area (Å²) < 4.78 is 15.5. The third-order valence-electron chi connectivity index (χ3n) is 2.98. The van der Waals surface area contributed by atoms with Crippen LogP contribution < -0.4 is 9.47 Å². The smallest absolute Gasteiger partial charge is 0.340 e. The number of nitrogens with zero attached hydrogens (tertiary/aromatic N) is 1. The van der Waals surface area contributed by atoms with E-state index in [4.69, 9.17) is 14.2 Å². The zero-order valence-electron chi connectivity index (χ0n) is 12.3. The van der Waals surface area contributed by atoms with Gasteiger partial charge in [-0.15, -0.1) is 0 Å². The van der Waals surface area contributed by atoms with Gasteiger partial charge in [-0.2, -0.15) is 0 Å². The van der Waals surface area contributed by atoms with E-state index in [9.17, 15) is 4.79 Å². The van der Waals surface area contributed by atoms with Crippen molar-refractivity contribution in [1.82, 2.24) is 4.98 Å². The molecule has 0 amide bonds. The Labute approximate surface area is 123 Å². The van der Waals surface area contributed by atoms with Crippen molar-refractivity contribution in [2.45, 2.75) is 13.5 Å². The van der Waals surface area contributed by atoms with E-state index in [1.807, 2.05) is 25.1 Å². The van der Waals surface area contributed by atoms with E-state index >= 15 is 0 Å². The van der Waals surface area contributed by atoms with Crippen molar-refractivity contribution in [1.29, 1.82) is 0 Å². The largest absolute Gasteiger partial charge is 0.496 e.